The van der Waals surface area contributed by atoms with Gasteiger partial charge in [0.1, 0.15) is 6.61 Å². The fourth-order valence-corrected chi connectivity index (χ4v) is 5.84. The van der Waals surface area contributed by atoms with Crippen molar-refractivity contribution in [1.82, 2.24) is 9.62 Å². The highest BCUT2D eigenvalue weighted by Gasteiger charge is 2.30. The number of hydrogen-bond acceptors (Lipinski definition) is 5. The molecule has 39 heavy (non-hydrogen) atoms. The van der Waals surface area contributed by atoms with Crippen molar-refractivity contribution in [1.29, 1.82) is 0 Å². The van der Waals surface area contributed by atoms with Crippen LogP contribution >= 0.6 is 11.6 Å². The van der Waals surface area contributed by atoms with Gasteiger partial charge in [0.25, 0.3) is 0 Å². The fourth-order valence-electron chi connectivity index (χ4n) is 4.08. The number of alkyl carbamates (subject to hydrolysis) is 1. The zero-order valence-electron chi connectivity index (χ0n) is 22.4. The van der Waals surface area contributed by atoms with Crippen molar-refractivity contribution in [2.75, 3.05) is 13.1 Å². The summed E-state index contributed by atoms with van der Waals surface area (Å²) in [6.45, 7) is 4.18. The maximum atomic E-state index is 13.5. The number of benzene rings is 3. The number of rotatable bonds is 14. The minimum absolute atomic E-state index is 0.0787. The average molecular weight is 573 g/mol. The van der Waals surface area contributed by atoms with Crippen LogP contribution < -0.4 is 5.32 Å². The molecule has 3 aromatic carbocycles. The predicted octanol–water partition coefficient (Wildman–Crippen LogP) is 5.42. The highest BCUT2D eigenvalue weighted by Crippen LogP contribution is 2.18. The van der Waals surface area contributed by atoms with Crippen molar-refractivity contribution in [2.24, 2.45) is 5.92 Å². The van der Waals surface area contributed by atoms with Crippen LogP contribution in [0.2, 0.25) is 5.02 Å². The number of aliphatic hydroxyl groups excluding tert-OH is 1. The summed E-state index contributed by atoms with van der Waals surface area (Å²) in [6.07, 6.45) is -0.947. The van der Waals surface area contributed by atoms with Crippen molar-refractivity contribution >= 4 is 27.7 Å². The van der Waals surface area contributed by atoms with Gasteiger partial charge in [-0.1, -0.05) is 98.2 Å². The largest absolute Gasteiger partial charge is 0.445 e. The maximum Gasteiger partial charge on any atom is 0.407 e. The monoisotopic (exact) mass is 572 g/mol. The summed E-state index contributed by atoms with van der Waals surface area (Å²) in [4.78, 5) is 12.7. The number of carbonyl (C=O) groups is 1. The normalized spacial score (nSPS) is 13.3. The number of sulfonamides is 1. The van der Waals surface area contributed by atoms with Gasteiger partial charge in [0.15, 0.2) is 0 Å². The fraction of sp³-hybridized carbons (Fsp3) is 0.367. The second-order valence-electron chi connectivity index (χ2n) is 10.00. The summed E-state index contributed by atoms with van der Waals surface area (Å²) in [5.41, 5.74) is 2.29. The number of carbonyl (C=O) groups excluding carboxylic acids is 1. The summed E-state index contributed by atoms with van der Waals surface area (Å²) < 4.78 is 33.7. The van der Waals surface area contributed by atoms with Gasteiger partial charge in [-0.15, -0.1) is 0 Å². The van der Waals surface area contributed by atoms with E-state index in [2.05, 4.69) is 5.32 Å². The van der Waals surface area contributed by atoms with Crippen molar-refractivity contribution in [3.63, 3.8) is 0 Å². The molecular weight excluding hydrogens is 536 g/mol. The number of nitrogens with one attached hydrogen (secondary N) is 1. The van der Waals surface area contributed by atoms with Gasteiger partial charge >= 0.3 is 6.09 Å². The third-order valence-electron chi connectivity index (χ3n) is 6.26. The number of hydrogen-bond donors (Lipinski definition) is 2. The molecule has 3 rings (SSSR count). The molecule has 0 bridgehead atoms. The molecule has 0 spiro atoms. The van der Waals surface area contributed by atoms with Crippen LogP contribution in [-0.4, -0.2) is 49.2 Å². The van der Waals surface area contributed by atoms with E-state index in [1.165, 1.54) is 4.31 Å². The number of aliphatic hydroxyl groups is 1. The lowest BCUT2D eigenvalue weighted by atomic mass is 10.0. The van der Waals surface area contributed by atoms with Crippen LogP contribution in [0.1, 0.15) is 37.0 Å². The number of amides is 1. The van der Waals surface area contributed by atoms with Gasteiger partial charge in [0.2, 0.25) is 10.0 Å². The Morgan fingerprint density at radius 3 is 2.18 bits per heavy atom. The molecule has 0 aliphatic rings. The van der Waals surface area contributed by atoms with Gasteiger partial charge in [-0.2, -0.15) is 4.31 Å². The van der Waals surface area contributed by atoms with Crippen LogP contribution in [-0.2, 0) is 33.5 Å². The Balaban J connectivity index is 1.76. The van der Waals surface area contributed by atoms with Crippen LogP contribution in [0.3, 0.4) is 0 Å². The van der Waals surface area contributed by atoms with E-state index < -0.39 is 28.3 Å². The Labute approximate surface area is 236 Å². The maximum absolute atomic E-state index is 13.5. The molecule has 1 amide bonds. The molecule has 0 fully saturated rings. The molecule has 3 aromatic rings. The summed E-state index contributed by atoms with van der Waals surface area (Å²) >= 11 is 6.07. The van der Waals surface area contributed by atoms with Crippen molar-refractivity contribution in [3.8, 4) is 0 Å². The van der Waals surface area contributed by atoms with E-state index in [0.29, 0.717) is 23.4 Å². The molecule has 0 heterocycles. The van der Waals surface area contributed by atoms with Crippen molar-refractivity contribution < 1.29 is 23.1 Å². The lowest BCUT2D eigenvalue weighted by Gasteiger charge is -2.30. The molecule has 0 saturated carbocycles. The second-order valence-corrected chi connectivity index (χ2v) is 12.4. The van der Waals surface area contributed by atoms with E-state index in [9.17, 15) is 18.3 Å². The van der Waals surface area contributed by atoms with Crippen LogP contribution in [0.4, 0.5) is 4.79 Å². The minimum atomic E-state index is -3.79. The van der Waals surface area contributed by atoms with Crippen molar-refractivity contribution in [2.45, 2.75) is 51.2 Å². The van der Waals surface area contributed by atoms with E-state index in [4.69, 9.17) is 16.3 Å². The number of ether oxygens (including phenoxy) is 1. The molecule has 7 nitrogen and oxygen atoms in total. The third kappa shape index (κ3) is 10.6. The zero-order valence-corrected chi connectivity index (χ0v) is 23.9. The average Bonchev–Trinajstić information content (AvgIpc) is 2.90. The van der Waals surface area contributed by atoms with E-state index >= 15 is 0 Å². The molecular formula is C30H37ClN2O5S. The third-order valence-corrected chi connectivity index (χ3v) is 8.31. The Bertz CT molecular complexity index is 1270. The lowest BCUT2D eigenvalue weighted by Crippen LogP contribution is -2.51. The highest BCUT2D eigenvalue weighted by atomic mass is 35.5. The molecule has 0 aromatic heterocycles. The molecule has 210 valence electrons. The first-order valence-corrected chi connectivity index (χ1v) is 15.0. The van der Waals surface area contributed by atoms with Gasteiger partial charge in [0.05, 0.1) is 17.9 Å². The van der Waals surface area contributed by atoms with Gasteiger partial charge in [-0.05, 0) is 47.6 Å². The summed E-state index contributed by atoms with van der Waals surface area (Å²) in [5, 5.41) is 14.5. The molecule has 2 atom stereocenters. The number of nitrogens with zero attached hydrogens (tertiary/aromatic N) is 1. The molecule has 9 heteroatoms. The van der Waals surface area contributed by atoms with E-state index in [1.54, 1.807) is 24.3 Å². The van der Waals surface area contributed by atoms with E-state index in [1.807, 2.05) is 74.5 Å². The molecule has 0 unspecified atom stereocenters. The Hall–Kier alpha value is -2.91. The standard InChI is InChI=1S/C30H37ClN2O5S/c1-23(2)16-17-33(39(36,37)22-26-14-9-15-27(31)18-26)20-29(34)28(19-24-10-5-3-6-11-24)32-30(35)38-21-25-12-7-4-8-13-25/h3-15,18,23,28-29,34H,16-17,19-22H2,1-2H3,(H,32,35)/t28-,29+/m0/s1. The summed E-state index contributed by atoms with van der Waals surface area (Å²) in [7, 11) is -3.79. The zero-order chi connectivity index (χ0) is 28.3. The smallest absolute Gasteiger partial charge is 0.407 e. The van der Waals surface area contributed by atoms with Crippen LogP contribution in [0.5, 0.6) is 0 Å². The van der Waals surface area contributed by atoms with Crippen LogP contribution in [0.25, 0.3) is 0 Å². The van der Waals surface area contributed by atoms with Crippen LogP contribution in [0, 0.1) is 5.92 Å². The highest BCUT2D eigenvalue weighted by molar-refractivity contribution is 7.88. The second kappa shape index (κ2) is 15.0. The topological polar surface area (TPSA) is 95.9 Å². The molecule has 0 aliphatic carbocycles. The Morgan fingerprint density at radius 1 is 0.949 bits per heavy atom. The van der Waals surface area contributed by atoms with E-state index in [-0.39, 0.29) is 31.4 Å². The Morgan fingerprint density at radius 2 is 1.56 bits per heavy atom. The Kier molecular flexibility index (Phi) is 11.8. The van der Waals surface area contributed by atoms with Gasteiger partial charge < -0.3 is 15.2 Å². The lowest BCUT2D eigenvalue weighted by molar-refractivity contribution is 0.0882. The number of halogens is 1. The van der Waals surface area contributed by atoms with Crippen molar-refractivity contribution in [3.05, 3.63) is 107 Å². The minimum Gasteiger partial charge on any atom is -0.445 e. The van der Waals surface area contributed by atoms with E-state index in [0.717, 1.165) is 11.1 Å². The van der Waals surface area contributed by atoms with Gasteiger partial charge in [0, 0.05) is 18.1 Å². The van der Waals surface area contributed by atoms with Gasteiger partial charge in [-0.25, -0.2) is 13.2 Å². The quantitative estimate of drug-likeness (QED) is 0.269. The molecule has 0 radical (unpaired) electrons. The van der Waals surface area contributed by atoms with Gasteiger partial charge in [-0.3, -0.25) is 0 Å². The SMILES string of the molecule is CC(C)CCN(C[C@@H](O)[C@H](Cc1ccccc1)NC(=O)OCc1ccccc1)S(=O)(=O)Cc1cccc(Cl)c1. The first kappa shape index (κ1) is 30.6. The molecule has 0 aliphatic heterocycles. The first-order valence-electron chi connectivity index (χ1n) is 13.0. The summed E-state index contributed by atoms with van der Waals surface area (Å²) in [6, 6.07) is 24.6. The predicted molar refractivity (Wildman–Crippen MR) is 155 cm³/mol. The summed E-state index contributed by atoms with van der Waals surface area (Å²) in [5.74, 6) is 0.0195. The first-order chi connectivity index (χ1) is 18.6. The molecule has 0 saturated heterocycles. The molecule has 2 N–H and O–H groups in total. The van der Waals surface area contributed by atoms with Crippen LogP contribution in [0.15, 0.2) is 84.9 Å².